The molecule has 0 saturated heterocycles. The lowest BCUT2D eigenvalue weighted by Crippen LogP contribution is -2.34. The number of aliphatic carboxylic acids is 1. The molecular weight excluding hydrogens is 143 g/mol. The summed E-state index contributed by atoms with van der Waals surface area (Å²) in [6.07, 6.45) is 0. The smallest absolute Gasteiger partial charge is 0.322 e. The SMILES string of the molecule is F.NCC(=O)NCC(=O)O. The van der Waals surface area contributed by atoms with Crippen molar-refractivity contribution in [1.82, 2.24) is 5.32 Å². The summed E-state index contributed by atoms with van der Waals surface area (Å²) in [5.41, 5.74) is 4.85. The number of rotatable bonds is 3. The van der Waals surface area contributed by atoms with Crippen LogP contribution in [0.1, 0.15) is 0 Å². The summed E-state index contributed by atoms with van der Waals surface area (Å²) in [4.78, 5) is 20.0. The lowest BCUT2D eigenvalue weighted by Gasteiger charge is -1.95. The molecule has 0 aliphatic heterocycles. The minimum Gasteiger partial charge on any atom is -0.480 e. The third-order valence-electron chi connectivity index (χ3n) is 0.622. The molecule has 0 fully saturated rings. The van der Waals surface area contributed by atoms with Crippen LogP contribution in [0, 0.1) is 0 Å². The summed E-state index contributed by atoms with van der Waals surface area (Å²) in [6, 6.07) is 0. The van der Waals surface area contributed by atoms with Crippen LogP contribution in [0.5, 0.6) is 0 Å². The Morgan fingerprint density at radius 3 is 2.30 bits per heavy atom. The highest BCUT2D eigenvalue weighted by atomic mass is 19.0. The molecule has 0 saturated carbocycles. The standard InChI is InChI=1S/C4H8N2O3.FH/c5-1-3(7)6-2-4(8)9;/h1-2,5H2,(H,6,7)(H,8,9);1H. The van der Waals surface area contributed by atoms with Gasteiger partial charge < -0.3 is 16.2 Å². The number of nitrogens with one attached hydrogen (secondary N) is 1. The molecule has 0 aliphatic rings. The lowest BCUT2D eigenvalue weighted by molar-refractivity contribution is -0.137. The Hall–Kier alpha value is -1.17. The molecule has 0 aromatic rings. The summed E-state index contributed by atoms with van der Waals surface area (Å²) >= 11 is 0. The largest absolute Gasteiger partial charge is 0.480 e. The highest BCUT2D eigenvalue weighted by Crippen LogP contribution is 1.60. The molecule has 0 aromatic carbocycles. The van der Waals surface area contributed by atoms with Crippen LogP contribution in [0.15, 0.2) is 0 Å². The molecular formula is C4H9FN2O3. The van der Waals surface area contributed by atoms with E-state index in [4.69, 9.17) is 10.8 Å². The molecule has 0 aliphatic carbocycles. The van der Waals surface area contributed by atoms with Gasteiger partial charge >= 0.3 is 5.97 Å². The summed E-state index contributed by atoms with van der Waals surface area (Å²) in [6.45, 7) is -0.538. The summed E-state index contributed by atoms with van der Waals surface area (Å²) in [5, 5.41) is 10.1. The minimum atomic E-state index is -1.07. The van der Waals surface area contributed by atoms with E-state index in [2.05, 4.69) is 5.32 Å². The quantitative estimate of drug-likeness (QED) is 0.449. The predicted molar refractivity (Wildman–Crippen MR) is 32.2 cm³/mol. The van der Waals surface area contributed by atoms with Gasteiger partial charge in [-0.05, 0) is 0 Å². The molecule has 0 radical (unpaired) electrons. The average molecular weight is 152 g/mol. The van der Waals surface area contributed by atoms with Crippen molar-refractivity contribution in [2.75, 3.05) is 13.1 Å². The molecule has 0 unspecified atom stereocenters. The van der Waals surface area contributed by atoms with Crippen molar-refractivity contribution in [3.63, 3.8) is 0 Å². The molecule has 0 spiro atoms. The topological polar surface area (TPSA) is 92.4 Å². The van der Waals surface area contributed by atoms with Crippen LogP contribution in [0.3, 0.4) is 0 Å². The molecule has 1 amide bonds. The molecule has 0 rings (SSSR count). The lowest BCUT2D eigenvalue weighted by atomic mass is 10.5. The third kappa shape index (κ3) is 6.83. The molecule has 4 N–H and O–H groups in total. The maximum Gasteiger partial charge on any atom is 0.322 e. The molecule has 0 aromatic heterocycles. The van der Waals surface area contributed by atoms with Crippen LogP contribution >= 0.6 is 0 Å². The highest BCUT2D eigenvalue weighted by Gasteiger charge is 1.98. The zero-order valence-corrected chi connectivity index (χ0v) is 5.16. The van der Waals surface area contributed by atoms with Gasteiger partial charge in [-0.2, -0.15) is 0 Å². The number of hydrogen-bond acceptors (Lipinski definition) is 3. The fourth-order valence-electron chi connectivity index (χ4n) is 0.246. The number of carbonyl (C=O) groups excluding carboxylic acids is 1. The van der Waals surface area contributed by atoms with Crippen LogP contribution in [0.25, 0.3) is 0 Å². The van der Waals surface area contributed by atoms with Crippen LogP contribution in [-0.2, 0) is 9.59 Å². The van der Waals surface area contributed by atoms with Crippen LogP contribution in [-0.4, -0.2) is 30.1 Å². The second-order valence-electron chi connectivity index (χ2n) is 1.37. The first kappa shape index (κ1) is 11.6. The molecule has 10 heavy (non-hydrogen) atoms. The monoisotopic (exact) mass is 152 g/mol. The van der Waals surface area contributed by atoms with Gasteiger partial charge in [0.25, 0.3) is 0 Å². The van der Waals surface area contributed by atoms with E-state index in [0.29, 0.717) is 0 Å². The van der Waals surface area contributed by atoms with Gasteiger partial charge in [-0.25, -0.2) is 0 Å². The van der Waals surface area contributed by atoms with E-state index in [1.807, 2.05) is 0 Å². The zero-order valence-electron chi connectivity index (χ0n) is 5.16. The second kappa shape index (κ2) is 5.96. The van der Waals surface area contributed by atoms with E-state index in [1.165, 1.54) is 0 Å². The van der Waals surface area contributed by atoms with Crippen LogP contribution < -0.4 is 11.1 Å². The van der Waals surface area contributed by atoms with Crippen LogP contribution in [0.2, 0.25) is 0 Å². The first-order valence-electron chi connectivity index (χ1n) is 2.35. The Morgan fingerprint density at radius 2 is 2.00 bits per heavy atom. The normalized spacial score (nSPS) is 7.70. The molecule has 5 nitrogen and oxygen atoms in total. The van der Waals surface area contributed by atoms with Crippen molar-refractivity contribution in [2.45, 2.75) is 0 Å². The van der Waals surface area contributed by atoms with E-state index in [-0.39, 0.29) is 17.8 Å². The van der Waals surface area contributed by atoms with Gasteiger partial charge in [0.2, 0.25) is 5.91 Å². The van der Waals surface area contributed by atoms with E-state index in [0.717, 1.165) is 0 Å². The van der Waals surface area contributed by atoms with Gasteiger partial charge in [0.05, 0.1) is 6.54 Å². The minimum absolute atomic E-state index is 0. The van der Waals surface area contributed by atoms with Crippen molar-refractivity contribution in [1.29, 1.82) is 0 Å². The highest BCUT2D eigenvalue weighted by molar-refractivity contribution is 5.82. The first-order chi connectivity index (χ1) is 4.16. The fourth-order valence-corrected chi connectivity index (χ4v) is 0.246. The van der Waals surface area contributed by atoms with Crippen molar-refractivity contribution in [3.05, 3.63) is 0 Å². The number of hydrogen-bond donors (Lipinski definition) is 3. The van der Waals surface area contributed by atoms with Crippen LogP contribution in [0.4, 0.5) is 4.70 Å². The molecule has 6 heteroatoms. The first-order valence-corrected chi connectivity index (χ1v) is 2.35. The Morgan fingerprint density at radius 1 is 1.50 bits per heavy atom. The van der Waals surface area contributed by atoms with E-state index >= 15 is 0 Å². The molecule has 60 valence electrons. The van der Waals surface area contributed by atoms with Gasteiger partial charge in [0.1, 0.15) is 6.54 Å². The Kier molecular flexibility index (Phi) is 6.91. The Balaban J connectivity index is 0. The number of halogens is 1. The van der Waals surface area contributed by atoms with Gasteiger partial charge in [0.15, 0.2) is 0 Å². The van der Waals surface area contributed by atoms with E-state index in [1.54, 1.807) is 0 Å². The van der Waals surface area contributed by atoms with Crippen molar-refractivity contribution in [3.8, 4) is 0 Å². The van der Waals surface area contributed by atoms with Crippen molar-refractivity contribution >= 4 is 11.9 Å². The Labute approximate surface area is 56.6 Å². The number of carbonyl (C=O) groups is 2. The van der Waals surface area contributed by atoms with Gasteiger partial charge in [-0.3, -0.25) is 14.3 Å². The Bertz CT molecular complexity index is 128. The third-order valence-corrected chi connectivity index (χ3v) is 0.622. The molecule has 0 atom stereocenters. The molecule has 0 bridgehead atoms. The number of amides is 1. The maximum atomic E-state index is 10.2. The number of nitrogens with two attached hydrogens (primary N) is 1. The van der Waals surface area contributed by atoms with Gasteiger partial charge in [-0.15, -0.1) is 0 Å². The summed E-state index contributed by atoms with van der Waals surface area (Å²) < 4.78 is 0. The zero-order chi connectivity index (χ0) is 7.28. The van der Waals surface area contributed by atoms with Crippen molar-refractivity contribution < 1.29 is 19.4 Å². The molecule has 0 heterocycles. The van der Waals surface area contributed by atoms with Gasteiger partial charge in [-0.1, -0.05) is 0 Å². The summed E-state index contributed by atoms with van der Waals surface area (Å²) in [5.74, 6) is -1.53. The number of carboxylic acids is 1. The van der Waals surface area contributed by atoms with Crippen molar-refractivity contribution in [2.24, 2.45) is 5.73 Å². The van der Waals surface area contributed by atoms with Gasteiger partial charge in [0, 0.05) is 0 Å². The van der Waals surface area contributed by atoms with E-state index < -0.39 is 11.9 Å². The maximum absolute atomic E-state index is 10.2. The fraction of sp³-hybridized carbons (Fsp3) is 0.500. The predicted octanol–water partition coefficient (Wildman–Crippen LogP) is -1.70. The van der Waals surface area contributed by atoms with E-state index in [9.17, 15) is 9.59 Å². The summed E-state index contributed by atoms with van der Waals surface area (Å²) in [7, 11) is 0. The number of carboxylic acid groups (broad SMARTS) is 1. The second-order valence-corrected chi connectivity index (χ2v) is 1.37. The average Bonchev–Trinajstić information content (AvgIpc) is 1.83.